The van der Waals surface area contributed by atoms with E-state index in [0.717, 1.165) is 11.3 Å². The van der Waals surface area contributed by atoms with E-state index in [0.29, 0.717) is 38.7 Å². The van der Waals surface area contributed by atoms with E-state index in [9.17, 15) is 24.0 Å². The van der Waals surface area contributed by atoms with Gasteiger partial charge in [-0.15, -0.1) is 23.1 Å². The van der Waals surface area contributed by atoms with Crippen LogP contribution in [-0.4, -0.2) is 49.6 Å². The highest BCUT2D eigenvalue weighted by Crippen LogP contribution is 2.35. The molecule has 264 valence electrons. The topological polar surface area (TPSA) is 152 Å². The van der Waals surface area contributed by atoms with E-state index in [1.54, 1.807) is 116 Å². The van der Waals surface area contributed by atoms with Crippen LogP contribution in [0.4, 0.5) is 16.4 Å². The monoisotopic (exact) mass is 734 g/mol. The Morgan fingerprint density at radius 3 is 2.15 bits per heavy atom. The highest BCUT2D eigenvalue weighted by molar-refractivity contribution is 8.00. The van der Waals surface area contributed by atoms with Crippen LogP contribution >= 0.6 is 23.1 Å². The second-order valence-electron chi connectivity index (χ2n) is 11.0. The SMILES string of the molecule is COC(=O)c1c(NC(=O)CSc2cccc(NC(=O)/C(=C/c3cccc(OC)c3)NC(=O)c3ccccc3)c2)sc(C(=O)Nc2ccccc2)c1C. The lowest BCUT2D eigenvalue weighted by Crippen LogP contribution is -2.30. The maximum atomic E-state index is 13.5. The molecule has 1 aromatic heterocycles. The molecule has 0 fully saturated rings. The van der Waals surface area contributed by atoms with Gasteiger partial charge in [-0.1, -0.05) is 54.6 Å². The molecule has 0 aliphatic carbocycles. The van der Waals surface area contributed by atoms with Crippen molar-refractivity contribution < 1.29 is 33.4 Å². The van der Waals surface area contributed by atoms with Crippen LogP contribution in [0.5, 0.6) is 5.75 Å². The number of esters is 1. The first-order valence-corrected chi connectivity index (χ1v) is 17.6. The first-order valence-electron chi connectivity index (χ1n) is 15.8. The van der Waals surface area contributed by atoms with Crippen molar-refractivity contribution in [2.24, 2.45) is 0 Å². The van der Waals surface area contributed by atoms with Crippen LogP contribution < -0.4 is 26.0 Å². The van der Waals surface area contributed by atoms with Crippen LogP contribution in [0.15, 0.2) is 120 Å². The van der Waals surface area contributed by atoms with Gasteiger partial charge in [0, 0.05) is 21.8 Å². The van der Waals surface area contributed by atoms with Crippen molar-refractivity contribution in [3.8, 4) is 5.75 Å². The zero-order chi connectivity index (χ0) is 37.0. The maximum Gasteiger partial charge on any atom is 0.341 e. The lowest BCUT2D eigenvalue weighted by Gasteiger charge is -2.12. The molecule has 0 bridgehead atoms. The Morgan fingerprint density at radius 1 is 0.750 bits per heavy atom. The van der Waals surface area contributed by atoms with E-state index in [4.69, 9.17) is 9.47 Å². The highest BCUT2D eigenvalue weighted by Gasteiger charge is 2.26. The van der Waals surface area contributed by atoms with Crippen molar-refractivity contribution >= 4 is 75.1 Å². The third-order valence-corrected chi connectivity index (χ3v) is 9.62. The second kappa shape index (κ2) is 17.7. The molecule has 0 saturated carbocycles. The molecular formula is C39H34N4O7S2. The van der Waals surface area contributed by atoms with Crippen molar-refractivity contribution in [1.82, 2.24) is 5.32 Å². The van der Waals surface area contributed by atoms with Crippen molar-refractivity contribution in [3.05, 3.63) is 142 Å². The number of hydrogen-bond acceptors (Lipinski definition) is 9. The van der Waals surface area contributed by atoms with Crippen LogP contribution in [0.25, 0.3) is 6.08 Å². The number of carbonyl (C=O) groups is 5. The molecule has 4 N–H and O–H groups in total. The predicted octanol–water partition coefficient (Wildman–Crippen LogP) is 7.24. The first kappa shape index (κ1) is 37.1. The number of hydrogen-bond donors (Lipinski definition) is 4. The molecule has 11 nitrogen and oxygen atoms in total. The zero-order valence-electron chi connectivity index (χ0n) is 28.4. The Hall–Kier alpha value is -6.18. The van der Waals surface area contributed by atoms with Crippen molar-refractivity contribution in [1.29, 1.82) is 0 Å². The molecule has 0 aliphatic rings. The lowest BCUT2D eigenvalue weighted by molar-refractivity contribution is -0.114. The number of methoxy groups -OCH3 is 2. The van der Waals surface area contributed by atoms with Gasteiger partial charge in [-0.3, -0.25) is 19.2 Å². The molecule has 4 amide bonds. The van der Waals surface area contributed by atoms with Crippen LogP contribution in [-0.2, 0) is 14.3 Å². The number of amides is 4. The second-order valence-corrected chi connectivity index (χ2v) is 13.1. The van der Waals surface area contributed by atoms with Crippen molar-refractivity contribution in [2.45, 2.75) is 11.8 Å². The third-order valence-electron chi connectivity index (χ3n) is 7.42. The van der Waals surface area contributed by atoms with Gasteiger partial charge >= 0.3 is 5.97 Å². The maximum absolute atomic E-state index is 13.5. The number of rotatable bonds is 13. The molecule has 5 rings (SSSR count). The molecule has 13 heteroatoms. The minimum Gasteiger partial charge on any atom is -0.497 e. The average Bonchev–Trinajstić information content (AvgIpc) is 3.49. The molecule has 0 saturated heterocycles. The van der Waals surface area contributed by atoms with E-state index < -0.39 is 29.6 Å². The number of nitrogens with one attached hydrogen (secondary N) is 4. The van der Waals surface area contributed by atoms with Gasteiger partial charge in [0.2, 0.25) is 5.91 Å². The van der Waals surface area contributed by atoms with Gasteiger partial charge < -0.3 is 30.7 Å². The highest BCUT2D eigenvalue weighted by atomic mass is 32.2. The molecule has 0 atom stereocenters. The summed E-state index contributed by atoms with van der Waals surface area (Å²) in [6.45, 7) is 1.62. The van der Waals surface area contributed by atoms with E-state index >= 15 is 0 Å². The molecular weight excluding hydrogens is 701 g/mol. The fourth-order valence-corrected chi connectivity index (χ4v) is 6.75. The van der Waals surface area contributed by atoms with E-state index in [1.807, 2.05) is 6.07 Å². The summed E-state index contributed by atoms with van der Waals surface area (Å²) < 4.78 is 10.2. The molecule has 52 heavy (non-hydrogen) atoms. The van der Waals surface area contributed by atoms with Gasteiger partial charge in [0.15, 0.2) is 0 Å². The summed E-state index contributed by atoms with van der Waals surface area (Å²) in [6, 6.07) is 31.3. The molecule has 4 aromatic carbocycles. The minimum atomic E-state index is -0.682. The van der Waals surface area contributed by atoms with Gasteiger partial charge in [0.05, 0.1) is 30.4 Å². The van der Waals surface area contributed by atoms with Gasteiger partial charge in [0.25, 0.3) is 17.7 Å². The Kier molecular flexibility index (Phi) is 12.6. The van der Waals surface area contributed by atoms with Gasteiger partial charge in [-0.25, -0.2) is 4.79 Å². The summed E-state index contributed by atoms with van der Waals surface area (Å²) >= 11 is 2.18. The van der Waals surface area contributed by atoms with E-state index in [2.05, 4.69) is 21.3 Å². The molecule has 1 heterocycles. The minimum absolute atomic E-state index is 0.00371. The van der Waals surface area contributed by atoms with Gasteiger partial charge in [-0.05, 0) is 78.7 Å². The third kappa shape index (κ3) is 9.74. The number of para-hydroxylation sites is 1. The molecule has 5 aromatic rings. The molecule has 0 unspecified atom stereocenters. The largest absolute Gasteiger partial charge is 0.497 e. The Morgan fingerprint density at radius 2 is 1.44 bits per heavy atom. The summed E-state index contributed by atoms with van der Waals surface area (Å²) in [6.07, 6.45) is 1.55. The Bertz CT molecular complexity index is 2130. The first-order chi connectivity index (χ1) is 25.1. The number of thiophene rings is 1. The van der Waals surface area contributed by atoms with E-state index in [1.165, 1.54) is 26.0 Å². The number of carbonyl (C=O) groups excluding carboxylic acids is 5. The number of benzene rings is 4. The lowest BCUT2D eigenvalue weighted by atomic mass is 10.1. The molecule has 0 radical (unpaired) electrons. The normalized spacial score (nSPS) is 10.9. The standard InChI is InChI=1S/C39H34N4O7S2/c1-24-33(39(48)50-3)38(52-34(24)37(47)40-27-15-8-5-9-16-27)43-32(44)23-51-30-19-11-17-28(22-30)41-36(46)31(21-25-12-10-18-29(20-25)49-2)42-35(45)26-13-6-4-7-14-26/h4-22H,23H2,1-3H3,(H,40,47)(H,41,46)(H,42,45)(H,43,44)/b31-21-. The summed E-state index contributed by atoms with van der Waals surface area (Å²) in [5, 5.41) is 11.3. The number of ether oxygens (including phenoxy) is 2. The zero-order valence-corrected chi connectivity index (χ0v) is 30.0. The van der Waals surface area contributed by atoms with Crippen LogP contribution in [0, 0.1) is 6.92 Å². The van der Waals surface area contributed by atoms with Crippen molar-refractivity contribution in [2.75, 3.05) is 35.9 Å². The summed E-state index contributed by atoms with van der Waals surface area (Å²) in [4.78, 5) is 66.4. The quantitative estimate of drug-likeness (QED) is 0.0561. The summed E-state index contributed by atoms with van der Waals surface area (Å²) in [5.74, 6) is -2.01. The van der Waals surface area contributed by atoms with Gasteiger partial charge in [-0.2, -0.15) is 0 Å². The fraction of sp³-hybridized carbons (Fsp3) is 0.103. The Labute approximate surface area is 308 Å². The van der Waals surface area contributed by atoms with Gasteiger partial charge in [0.1, 0.15) is 16.4 Å². The predicted molar refractivity (Wildman–Crippen MR) is 204 cm³/mol. The van der Waals surface area contributed by atoms with Crippen LogP contribution in [0.1, 0.15) is 41.5 Å². The van der Waals surface area contributed by atoms with Crippen molar-refractivity contribution in [3.63, 3.8) is 0 Å². The number of anilines is 3. The Balaban J connectivity index is 1.27. The number of thioether (sulfide) groups is 1. The summed E-state index contributed by atoms with van der Waals surface area (Å²) in [5.41, 5.74) is 2.52. The molecule has 0 spiro atoms. The van der Waals surface area contributed by atoms with E-state index in [-0.39, 0.29) is 26.9 Å². The van der Waals surface area contributed by atoms with Crippen LogP contribution in [0.2, 0.25) is 0 Å². The van der Waals surface area contributed by atoms with Crippen LogP contribution in [0.3, 0.4) is 0 Å². The molecule has 0 aliphatic heterocycles. The fourth-order valence-electron chi connectivity index (χ4n) is 4.89. The summed E-state index contributed by atoms with van der Waals surface area (Å²) in [7, 11) is 2.76. The smallest absolute Gasteiger partial charge is 0.341 e. The average molecular weight is 735 g/mol.